The Bertz CT molecular complexity index is 3820. The fraction of sp³-hybridized carbons (Fsp3) is 0.385. The van der Waals surface area contributed by atoms with E-state index in [0.717, 1.165) is 92.9 Å². The minimum Gasteiger partial charge on any atom is -0.505 e. The number of aromatic nitrogens is 2. The highest BCUT2D eigenvalue weighted by atomic mass is 28.3. The lowest BCUT2D eigenvalue weighted by atomic mass is 9.80. The minimum atomic E-state index is -1.96. The quantitative estimate of drug-likeness (QED) is 0.120. The van der Waals surface area contributed by atoms with Crippen molar-refractivity contribution in [3.8, 4) is 56.6 Å². The van der Waals surface area contributed by atoms with Crippen LogP contribution in [0.4, 0.5) is 0 Å². The van der Waals surface area contributed by atoms with Gasteiger partial charge in [-0.15, -0.1) is 0 Å². The van der Waals surface area contributed by atoms with Crippen molar-refractivity contribution in [1.82, 2.24) is 9.13 Å². The van der Waals surface area contributed by atoms with E-state index in [0.29, 0.717) is 13.2 Å². The predicted octanol–water partition coefficient (Wildman–Crippen LogP) is 20.2. The summed E-state index contributed by atoms with van der Waals surface area (Å²) in [6.45, 7) is 42.7. The molecular formula is C78H94N2O4Si2. The molecule has 2 atom stereocenters. The molecule has 8 aromatic carbocycles. The Kier molecular flexibility index (Phi) is 15.5. The van der Waals surface area contributed by atoms with E-state index < -0.39 is 16.1 Å². The topological polar surface area (TPSA) is 68.8 Å². The summed E-state index contributed by atoms with van der Waals surface area (Å²) in [5.41, 5.74) is 14.3. The van der Waals surface area contributed by atoms with E-state index in [1.54, 1.807) is 0 Å². The number of hydrogen-bond donors (Lipinski definition) is 2. The summed E-state index contributed by atoms with van der Waals surface area (Å²) in [5.74, 6) is 2.53. The third kappa shape index (κ3) is 11.6. The number of rotatable bonds is 12. The van der Waals surface area contributed by atoms with E-state index >= 15 is 0 Å². The third-order valence-corrected chi connectivity index (χ3v) is 22.8. The van der Waals surface area contributed by atoms with Gasteiger partial charge in [0.25, 0.3) is 0 Å². The van der Waals surface area contributed by atoms with Crippen molar-refractivity contribution < 1.29 is 19.7 Å². The summed E-state index contributed by atoms with van der Waals surface area (Å²) in [4.78, 5) is 0. The van der Waals surface area contributed by atoms with Gasteiger partial charge in [-0.3, -0.25) is 0 Å². The van der Waals surface area contributed by atoms with Crippen LogP contribution in [0.3, 0.4) is 0 Å². The Hall–Kier alpha value is -7.01. The zero-order valence-electron chi connectivity index (χ0n) is 54.9. The molecule has 1 aliphatic carbocycles. The normalized spacial score (nSPS) is 15.8. The minimum absolute atomic E-state index is 0.0286. The van der Waals surface area contributed by atoms with Gasteiger partial charge < -0.3 is 28.8 Å². The number of phenols is 2. The van der Waals surface area contributed by atoms with Gasteiger partial charge in [-0.1, -0.05) is 218 Å². The Balaban J connectivity index is 0.927. The van der Waals surface area contributed by atoms with Crippen LogP contribution in [-0.2, 0) is 21.7 Å². The predicted molar refractivity (Wildman–Crippen MR) is 373 cm³/mol. The van der Waals surface area contributed by atoms with Gasteiger partial charge in [-0.2, -0.15) is 0 Å². The maximum atomic E-state index is 13.0. The fourth-order valence-electron chi connectivity index (χ4n) is 13.0. The van der Waals surface area contributed by atoms with E-state index in [9.17, 15) is 10.2 Å². The Morgan fingerprint density at radius 1 is 0.384 bits per heavy atom. The molecule has 1 fully saturated rings. The van der Waals surface area contributed by atoms with E-state index in [1.807, 2.05) is 0 Å². The van der Waals surface area contributed by atoms with Crippen LogP contribution in [0.25, 0.3) is 77.2 Å². The molecule has 0 aliphatic heterocycles. The molecular weight excluding hydrogens is 1090 g/mol. The van der Waals surface area contributed by atoms with Gasteiger partial charge in [0, 0.05) is 43.8 Å². The highest BCUT2D eigenvalue weighted by Gasteiger charge is 2.32. The maximum absolute atomic E-state index is 13.0. The monoisotopic (exact) mass is 1180 g/mol. The Morgan fingerprint density at radius 2 is 0.674 bits per heavy atom. The average molecular weight is 1180 g/mol. The molecule has 0 bridgehead atoms. The average Bonchev–Trinajstić information content (AvgIpc) is 1.64. The van der Waals surface area contributed by atoms with Gasteiger partial charge in [0.05, 0.1) is 62.8 Å². The SMILES string of the molecule is CC(C)(C)c1ccc2c(c1)c1cc(C(C)(C)C)ccc1n2-c1cc([Si](C)(C)C)cc(-c2ccccc2OC[C@@H]2CCCC[C@H]2COc2ccccc2-c2cc([Si](C)(C)C)cc(-n3c4ccc(C(C)(C)C)cc4c4cc(C(C)(C)C)ccc43)c2O)c1O. The second kappa shape index (κ2) is 22.0. The first-order valence-corrected chi connectivity index (χ1v) is 38.7. The van der Waals surface area contributed by atoms with Crippen molar-refractivity contribution in [3.63, 3.8) is 0 Å². The first-order chi connectivity index (χ1) is 40.3. The number of phenolic OH excluding ortho intramolecular Hbond substituents is 2. The highest BCUT2D eigenvalue weighted by molar-refractivity contribution is 6.89. The van der Waals surface area contributed by atoms with Crippen LogP contribution in [0.1, 0.15) is 131 Å². The summed E-state index contributed by atoms with van der Waals surface area (Å²) in [7, 11) is -3.92. The van der Waals surface area contributed by atoms with Crippen molar-refractivity contribution >= 4 is 70.1 Å². The molecule has 2 aromatic heterocycles. The largest absolute Gasteiger partial charge is 0.505 e. The van der Waals surface area contributed by atoms with Gasteiger partial charge in [0.2, 0.25) is 0 Å². The summed E-state index contributed by atoms with van der Waals surface area (Å²) >= 11 is 0. The van der Waals surface area contributed by atoms with Gasteiger partial charge in [0.15, 0.2) is 0 Å². The van der Waals surface area contributed by atoms with Crippen molar-refractivity contribution in [2.75, 3.05) is 13.2 Å². The van der Waals surface area contributed by atoms with Crippen molar-refractivity contribution in [3.05, 3.63) is 168 Å². The molecule has 86 heavy (non-hydrogen) atoms. The van der Waals surface area contributed by atoms with E-state index in [4.69, 9.17) is 9.47 Å². The fourth-order valence-corrected chi connectivity index (χ4v) is 15.3. The molecule has 11 rings (SSSR count). The molecule has 0 saturated heterocycles. The molecule has 2 heterocycles. The number of fused-ring (bicyclic) bond motifs is 6. The zero-order valence-corrected chi connectivity index (χ0v) is 56.9. The number of aromatic hydroxyl groups is 2. The van der Waals surface area contributed by atoms with Crippen LogP contribution < -0.4 is 19.8 Å². The summed E-state index contributed by atoms with van der Waals surface area (Å²) < 4.78 is 18.8. The molecule has 0 amide bonds. The highest BCUT2D eigenvalue weighted by Crippen LogP contribution is 2.47. The van der Waals surface area contributed by atoms with Crippen LogP contribution in [0.2, 0.25) is 39.3 Å². The number of benzene rings is 8. The van der Waals surface area contributed by atoms with Crippen molar-refractivity contribution in [2.24, 2.45) is 11.8 Å². The number of hydrogen-bond acceptors (Lipinski definition) is 4. The molecule has 448 valence electrons. The van der Waals surface area contributed by atoms with Crippen molar-refractivity contribution in [1.29, 1.82) is 0 Å². The van der Waals surface area contributed by atoms with Crippen LogP contribution in [0.15, 0.2) is 146 Å². The standard InChI is InChI=1S/C78H94N2O4Si2/c1-75(2,3)51-31-35-65-59(39-51)60-40-52(76(4,5)6)32-36-66(60)79(65)69-45-55(85(13,14)15)43-63(73(69)81)57-27-21-23-29-71(57)83-47-49-25-19-20-26-50(49)48-84-72-30-24-22-28-58(72)64-44-56(86(16,17)18)46-70(74(64)82)80-67-37-33-53(77(7,8)9)41-61(67)62-42-54(78(10,11)12)34-38-68(62)80/h21-24,27-46,49-50,81-82H,19-20,25-26,47-48H2,1-18H3/t49-,50-/m0/s1. The smallest absolute Gasteiger partial charge is 0.147 e. The molecule has 0 radical (unpaired) electrons. The molecule has 10 aromatic rings. The lowest BCUT2D eigenvalue weighted by Gasteiger charge is -2.32. The van der Waals surface area contributed by atoms with Crippen LogP contribution in [0, 0.1) is 11.8 Å². The summed E-state index contributed by atoms with van der Waals surface area (Å²) in [5, 5.41) is 33.2. The molecule has 1 saturated carbocycles. The Morgan fingerprint density at radius 3 is 0.953 bits per heavy atom. The van der Waals surface area contributed by atoms with Crippen molar-refractivity contribution in [2.45, 2.75) is 170 Å². The molecule has 0 unspecified atom stereocenters. The van der Waals surface area contributed by atoms with Gasteiger partial charge in [-0.05, 0) is 141 Å². The molecule has 2 N–H and O–H groups in total. The van der Waals surface area contributed by atoms with Crippen LogP contribution >= 0.6 is 0 Å². The summed E-state index contributed by atoms with van der Waals surface area (Å²) in [6.07, 6.45) is 4.35. The van der Waals surface area contributed by atoms with Gasteiger partial charge in [0.1, 0.15) is 23.0 Å². The number of ether oxygens (including phenoxy) is 2. The van der Waals surface area contributed by atoms with Crippen LogP contribution in [0.5, 0.6) is 23.0 Å². The summed E-state index contributed by atoms with van der Waals surface area (Å²) in [6, 6.07) is 53.2. The lowest BCUT2D eigenvalue weighted by Crippen LogP contribution is -2.38. The number of para-hydroxylation sites is 2. The lowest BCUT2D eigenvalue weighted by molar-refractivity contribution is 0.105. The van der Waals surface area contributed by atoms with E-state index in [2.05, 4.69) is 277 Å². The van der Waals surface area contributed by atoms with Gasteiger partial charge in [-0.25, -0.2) is 0 Å². The van der Waals surface area contributed by atoms with E-state index in [1.165, 1.54) is 54.2 Å². The molecule has 8 heteroatoms. The third-order valence-electron chi connectivity index (χ3n) is 18.7. The second-order valence-corrected chi connectivity index (χ2v) is 41.5. The molecule has 0 spiro atoms. The first-order valence-electron chi connectivity index (χ1n) is 31.7. The maximum Gasteiger partial charge on any atom is 0.147 e. The number of nitrogens with zero attached hydrogens (tertiary/aromatic N) is 2. The zero-order chi connectivity index (χ0) is 61.8. The van der Waals surface area contributed by atoms with Crippen LogP contribution in [-0.4, -0.2) is 48.7 Å². The Labute approximate surface area is 515 Å². The molecule has 1 aliphatic rings. The molecule has 6 nitrogen and oxygen atoms in total. The van der Waals surface area contributed by atoms with Gasteiger partial charge >= 0.3 is 0 Å². The second-order valence-electron chi connectivity index (χ2n) is 31.3. The first kappa shape index (κ1) is 60.7. The van der Waals surface area contributed by atoms with E-state index in [-0.39, 0.29) is 45.0 Å².